The first-order chi connectivity index (χ1) is 25.1. The molecule has 0 heterocycles. The molecular weight excluding hydrogens is 662 g/mol. The minimum atomic E-state index is -1.02. The number of rotatable bonds is 36. The first kappa shape index (κ1) is 49.2. The monoisotopic (exact) mass is 740 g/mol. The van der Waals surface area contributed by atoms with Gasteiger partial charge in [-0.3, -0.25) is 24.0 Å². The van der Waals surface area contributed by atoms with Gasteiger partial charge in [0, 0.05) is 6.42 Å². The lowest BCUT2D eigenvalue weighted by Gasteiger charge is -2.26. The van der Waals surface area contributed by atoms with Crippen LogP contribution < -0.4 is 49.9 Å². The maximum Gasteiger partial charge on any atom is 0.243 e. The summed E-state index contributed by atoms with van der Waals surface area (Å²) >= 11 is 0. The Morgan fingerprint density at radius 2 is 0.692 bits per heavy atom. The summed E-state index contributed by atoms with van der Waals surface area (Å²) in [6.45, 7) is 3.47. The highest BCUT2D eigenvalue weighted by atomic mass is 16.2. The third-order valence-corrected chi connectivity index (χ3v) is 9.37. The van der Waals surface area contributed by atoms with E-state index in [1.165, 1.54) is 77.0 Å². The molecule has 14 nitrogen and oxygen atoms in total. The fourth-order valence-corrected chi connectivity index (χ4v) is 6.12. The summed E-state index contributed by atoms with van der Waals surface area (Å²) in [6, 6.07) is -3.84. The number of carbonyl (C=O) groups is 5. The van der Waals surface area contributed by atoms with Crippen molar-refractivity contribution in [3.05, 3.63) is 0 Å². The first-order valence-electron chi connectivity index (χ1n) is 20.4. The molecule has 14 heteroatoms. The minimum absolute atomic E-state index is 0.211. The lowest BCUT2D eigenvalue weighted by molar-refractivity contribution is -0.134. The molecule has 0 aromatic heterocycles. The normalized spacial score (nSPS) is 13.5. The van der Waals surface area contributed by atoms with Gasteiger partial charge in [0.2, 0.25) is 29.5 Å². The number of hydrogen-bond donors (Lipinski definition) is 9. The largest absolute Gasteiger partial charge is 0.368 e. The van der Waals surface area contributed by atoms with E-state index in [1.807, 2.05) is 0 Å². The summed E-state index contributed by atoms with van der Waals surface area (Å²) in [5.41, 5.74) is 28.1. The van der Waals surface area contributed by atoms with Crippen molar-refractivity contribution in [3.8, 4) is 0 Å². The molecule has 0 aromatic rings. The molecular formula is C38H77N9O5. The van der Waals surface area contributed by atoms with Crippen LogP contribution in [0.3, 0.4) is 0 Å². The van der Waals surface area contributed by atoms with E-state index < -0.39 is 47.8 Å². The lowest BCUT2D eigenvalue weighted by Crippen LogP contribution is -2.58. The molecule has 0 spiro atoms. The summed E-state index contributed by atoms with van der Waals surface area (Å²) in [5.74, 6) is -2.60. The zero-order chi connectivity index (χ0) is 38.8. The average Bonchev–Trinajstić information content (AvgIpc) is 3.12. The molecule has 0 aliphatic carbocycles. The van der Waals surface area contributed by atoms with Crippen molar-refractivity contribution in [2.24, 2.45) is 28.7 Å². The predicted octanol–water partition coefficient (Wildman–Crippen LogP) is 2.63. The van der Waals surface area contributed by atoms with Crippen LogP contribution in [0.5, 0.6) is 0 Å². The third-order valence-electron chi connectivity index (χ3n) is 9.37. The van der Waals surface area contributed by atoms with Crippen molar-refractivity contribution >= 4 is 29.5 Å². The molecule has 0 saturated heterocycles. The van der Waals surface area contributed by atoms with Crippen LogP contribution in [0.2, 0.25) is 0 Å². The summed E-state index contributed by atoms with van der Waals surface area (Å²) in [6.07, 6.45) is 21.7. The Labute approximate surface area is 314 Å². The smallest absolute Gasteiger partial charge is 0.243 e. The van der Waals surface area contributed by atoms with Crippen LogP contribution >= 0.6 is 0 Å². The second-order valence-corrected chi connectivity index (χ2v) is 14.1. The van der Waals surface area contributed by atoms with Gasteiger partial charge in [-0.1, -0.05) is 96.8 Å². The van der Waals surface area contributed by atoms with Crippen LogP contribution in [0, 0.1) is 0 Å². The fraction of sp³-hybridized carbons (Fsp3) is 0.868. The van der Waals surface area contributed by atoms with E-state index in [4.69, 9.17) is 28.7 Å². The van der Waals surface area contributed by atoms with Crippen molar-refractivity contribution in [1.82, 2.24) is 21.3 Å². The van der Waals surface area contributed by atoms with Gasteiger partial charge in [-0.2, -0.15) is 0 Å². The van der Waals surface area contributed by atoms with Crippen molar-refractivity contribution in [3.63, 3.8) is 0 Å². The van der Waals surface area contributed by atoms with Gasteiger partial charge in [0.05, 0.1) is 0 Å². The van der Waals surface area contributed by atoms with Crippen molar-refractivity contribution in [2.75, 3.05) is 26.2 Å². The van der Waals surface area contributed by atoms with E-state index >= 15 is 0 Å². The molecule has 5 amide bonds. The molecule has 0 aliphatic heterocycles. The third kappa shape index (κ3) is 26.0. The molecule has 0 rings (SSSR count). The topological polar surface area (TPSA) is 264 Å². The second-order valence-electron chi connectivity index (χ2n) is 14.1. The van der Waals surface area contributed by atoms with E-state index in [0.29, 0.717) is 51.6 Å². The summed E-state index contributed by atoms with van der Waals surface area (Å²) in [4.78, 5) is 64.9. The highest BCUT2D eigenvalue weighted by Crippen LogP contribution is 2.14. The Kier molecular flexibility index (Phi) is 32.2. The number of unbranched alkanes of at least 4 members (excludes halogenated alkanes) is 14. The molecule has 304 valence electrons. The zero-order valence-corrected chi connectivity index (χ0v) is 32.5. The number of nitrogens with one attached hydrogen (secondary N) is 4. The number of carbonyl (C=O) groups excluding carboxylic acids is 5. The van der Waals surface area contributed by atoms with Crippen LogP contribution in [0.4, 0.5) is 0 Å². The Morgan fingerprint density at radius 3 is 1.02 bits per heavy atom. The number of hydrogen-bond acceptors (Lipinski definition) is 9. The van der Waals surface area contributed by atoms with Crippen LogP contribution in [0.1, 0.15) is 161 Å². The summed E-state index contributed by atoms with van der Waals surface area (Å²) in [7, 11) is 0. The van der Waals surface area contributed by atoms with E-state index in [9.17, 15) is 24.0 Å². The zero-order valence-electron chi connectivity index (χ0n) is 32.5. The van der Waals surface area contributed by atoms with Gasteiger partial charge < -0.3 is 49.9 Å². The maximum atomic E-state index is 13.5. The lowest BCUT2D eigenvalue weighted by atomic mass is 10.0. The Bertz CT molecular complexity index is 956. The Morgan fingerprint density at radius 1 is 0.404 bits per heavy atom. The molecule has 0 fully saturated rings. The minimum Gasteiger partial charge on any atom is -0.368 e. The van der Waals surface area contributed by atoms with Crippen LogP contribution in [-0.2, 0) is 24.0 Å². The molecule has 4 unspecified atom stereocenters. The number of amides is 5. The van der Waals surface area contributed by atoms with Crippen molar-refractivity contribution < 1.29 is 24.0 Å². The number of primary amides is 1. The van der Waals surface area contributed by atoms with Crippen LogP contribution in [0.25, 0.3) is 0 Å². The molecule has 0 radical (unpaired) electrons. The predicted molar refractivity (Wildman–Crippen MR) is 210 cm³/mol. The van der Waals surface area contributed by atoms with Gasteiger partial charge in [-0.05, 0) is 84.0 Å². The standard InChI is InChI=1S/C38H77N9O5/c1-2-3-4-5-6-7-8-9-10-11-12-13-14-15-16-25-34(48)44-31(22-18-27-40)36(50)46-33(24-20-29-42)38(52)47-32(23-19-28-41)37(51)45-30(35(43)49)21-17-26-39/h30-33H,2-29,39-42H2,1H3,(H2,43,49)(H,44,48)(H,45,51)(H,46,50)(H,47,52). The van der Waals surface area contributed by atoms with Crippen LogP contribution in [0.15, 0.2) is 0 Å². The summed E-state index contributed by atoms with van der Waals surface area (Å²) < 4.78 is 0. The quantitative estimate of drug-likeness (QED) is 0.0427. The molecule has 4 atom stereocenters. The molecule has 0 aliphatic rings. The molecule has 14 N–H and O–H groups in total. The second kappa shape index (κ2) is 34.0. The Balaban J connectivity index is 4.98. The van der Waals surface area contributed by atoms with Gasteiger partial charge >= 0.3 is 0 Å². The van der Waals surface area contributed by atoms with E-state index in [-0.39, 0.29) is 38.3 Å². The fourth-order valence-electron chi connectivity index (χ4n) is 6.12. The molecule has 0 bridgehead atoms. The average molecular weight is 740 g/mol. The summed E-state index contributed by atoms with van der Waals surface area (Å²) in [5, 5.41) is 10.9. The van der Waals surface area contributed by atoms with Gasteiger partial charge in [0.25, 0.3) is 0 Å². The molecule has 0 aromatic carbocycles. The molecule has 52 heavy (non-hydrogen) atoms. The van der Waals surface area contributed by atoms with Crippen molar-refractivity contribution in [2.45, 2.75) is 185 Å². The van der Waals surface area contributed by atoms with E-state index in [1.54, 1.807) is 0 Å². The maximum absolute atomic E-state index is 13.5. The van der Waals surface area contributed by atoms with Gasteiger partial charge in [0.15, 0.2) is 0 Å². The van der Waals surface area contributed by atoms with E-state index in [0.717, 1.165) is 19.3 Å². The highest BCUT2D eigenvalue weighted by Gasteiger charge is 2.30. The molecule has 0 saturated carbocycles. The van der Waals surface area contributed by atoms with Crippen molar-refractivity contribution in [1.29, 1.82) is 0 Å². The highest BCUT2D eigenvalue weighted by molar-refractivity contribution is 5.95. The van der Waals surface area contributed by atoms with E-state index in [2.05, 4.69) is 28.2 Å². The Hall–Kier alpha value is -2.81. The van der Waals surface area contributed by atoms with Crippen LogP contribution in [-0.4, -0.2) is 79.9 Å². The van der Waals surface area contributed by atoms with Gasteiger partial charge in [-0.15, -0.1) is 0 Å². The SMILES string of the molecule is CCCCCCCCCCCCCCCCCC(=O)NC(CCCN)C(=O)NC(CCCN)C(=O)NC(CCCN)C(=O)NC(CCCN)C(N)=O. The van der Waals surface area contributed by atoms with Gasteiger partial charge in [0.1, 0.15) is 24.2 Å². The van der Waals surface area contributed by atoms with Gasteiger partial charge in [-0.25, -0.2) is 0 Å². The number of nitrogens with two attached hydrogens (primary N) is 5. The first-order valence-corrected chi connectivity index (χ1v) is 20.4.